The lowest BCUT2D eigenvalue weighted by atomic mass is 9.71. The summed E-state index contributed by atoms with van der Waals surface area (Å²) in [4.78, 5) is 12.2. The zero-order chi connectivity index (χ0) is 32.4. The summed E-state index contributed by atoms with van der Waals surface area (Å²) in [6.45, 7) is 20.6. The average Bonchev–Trinajstić information content (AvgIpc) is 2.88. The molecule has 0 heterocycles. The topological polar surface area (TPSA) is 57.5 Å². The zero-order valence-corrected chi connectivity index (χ0v) is 28.0. The van der Waals surface area contributed by atoms with Gasteiger partial charge in [0, 0.05) is 11.0 Å². The Bertz CT molecular complexity index is 1430. The molecule has 0 fully saturated rings. The summed E-state index contributed by atoms with van der Waals surface area (Å²) in [6, 6.07) is 0. The van der Waals surface area contributed by atoms with Gasteiger partial charge in [-0.3, -0.25) is 4.79 Å². The monoisotopic (exact) mass is 580 g/mol. The van der Waals surface area contributed by atoms with Crippen molar-refractivity contribution in [3.05, 3.63) is 141 Å². The fourth-order valence-electron chi connectivity index (χ4n) is 5.57. The molecule has 43 heavy (non-hydrogen) atoms. The number of aliphatic hydroxyl groups excluding tert-OH is 2. The standard InChI is InChI=1S/C40H52O3/c1-28(17-13-19-30(3)21-23-35-32(5)25-34(41)26-39(35,7)8)15-11-12-16-29(2)18-14-20-31(4)22-24-36-33(6)38(43)37(42)27-40(36,9)10/h11-24,27,34,41-42H,25-26H2,1-10H3/b12-11+,17-13+,18-14+,23-21+,24-22+,28-15+,29-16+,30-19+,31-20+/t34-/m0/s1. The Balaban J connectivity index is 1.93. The predicted octanol–water partition coefficient (Wildman–Crippen LogP) is 10.4. The molecule has 0 aliphatic heterocycles. The van der Waals surface area contributed by atoms with Gasteiger partial charge in [-0.1, -0.05) is 141 Å². The molecule has 3 heteroatoms. The Hall–Kier alpha value is -3.69. The van der Waals surface area contributed by atoms with E-state index in [1.54, 1.807) is 13.0 Å². The highest BCUT2D eigenvalue weighted by molar-refractivity contribution is 6.08. The minimum Gasteiger partial charge on any atom is -0.504 e. The van der Waals surface area contributed by atoms with Crippen molar-refractivity contribution in [2.24, 2.45) is 10.8 Å². The van der Waals surface area contributed by atoms with Gasteiger partial charge in [-0.25, -0.2) is 0 Å². The summed E-state index contributed by atoms with van der Waals surface area (Å²) in [5.41, 5.74) is 8.27. The first-order valence-electron chi connectivity index (χ1n) is 15.2. The molecule has 2 aliphatic carbocycles. The van der Waals surface area contributed by atoms with Crippen molar-refractivity contribution in [3.8, 4) is 0 Å². The molecule has 0 aromatic carbocycles. The van der Waals surface area contributed by atoms with E-state index in [1.807, 2.05) is 57.2 Å². The van der Waals surface area contributed by atoms with Crippen LogP contribution >= 0.6 is 0 Å². The third-order valence-corrected chi connectivity index (χ3v) is 7.94. The predicted molar refractivity (Wildman–Crippen MR) is 185 cm³/mol. The number of carbonyl (C=O) groups is 1. The molecule has 0 amide bonds. The minimum atomic E-state index is -0.397. The highest BCUT2D eigenvalue weighted by Gasteiger charge is 2.32. The Morgan fingerprint density at radius 1 is 0.744 bits per heavy atom. The Labute approximate surface area is 260 Å². The van der Waals surface area contributed by atoms with Gasteiger partial charge in [0.05, 0.1) is 6.10 Å². The van der Waals surface area contributed by atoms with Crippen LogP contribution in [0.15, 0.2) is 141 Å². The van der Waals surface area contributed by atoms with Crippen molar-refractivity contribution in [1.29, 1.82) is 0 Å². The van der Waals surface area contributed by atoms with E-state index in [0.29, 0.717) is 5.57 Å². The van der Waals surface area contributed by atoms with Crippen molar-refractivity contribution in [3.63, 3.8) is 0 Å². The Morgan fingerprint density at radius 3 is 1.67 bits per heavy atom. The highest BCUT2D eigenvalue weighted by atomic mass is 16.3. The summed E-state index contributed by atoms with van der Waals surface area (Å²) < 4.78 is 0. The van der Waals surface area contributed by atoms with Gasteiger partial charge in [-0.15, -0.1) is 0 Å². The number of carbonyl (C=O) groups excluding carboxylic acids is 1. The molecular weight excluding hydrogens is 528 g/mol. The van der Waals surface area contributed by atoms with Crippen molar-refractivity contribution in [1.82, 2.24) is 0 Å². The second-order valence-electron chi connectivity index (χ2n) is 13.2. The van der Waals surface area contributed by atoms with E-state index in [2.05, 4.69) is 90.2 Å². The second-order valence-corrected chi connectivity index (χ2v) is 13.2. The Morgan fingerprint density at radius 2 is 1.19 bits per heavy atom. The maximum absolute atomic E-state index is 12.2. The molecule has 2 aliphatic rings. The molecule has 0 saturated carbocycles. The Kier molecular flexibility index (Phi) is 13.0. The van der Waals surface area contributed by atoms with Crippen LogP contribution in [0.1, 0.15) is 82.1 Å². The highest BCUT2D eigenvalue weighted by Crippen LogP contribution is 2.41. The molecule has 2 N–H and O–H groups in total. The van der Waals surface area contributed by atoms with Gasteiger partial charge in [0.1, 0.15) is 0 Å². The lowest BCUT2D eigenvalue weighted by Crippen LogP contribution is -2.28. The lowest BCUT2D eigenvalue weighted by molar-refractivity contribution is -0.114. The summed E-state index contributed by atoms with van der Waals surface area (Å²) in [7, 11) is 0. The van der Waals surface area contributed by atoms with Crippen molar-refractivity contribution >= 4 is 5.78 Å². The minimum absolute atomic E-state index is 0.00636. The fourth-order valence-corrected chi connectivity index (χ4v) is 5.57. The first-order valence-corrected chi connectivity index (χ1v) is 15.2. The molecule has 3 nitrogen and oxygen atoms in total. The van der Waals surface area contributed by atoms with Gasteiger partial charge in [0.2, 0.25) is 5.78 Å². The van der Waals surface area contributed by atoms with Gasteiger partial charge in [-0.05, 0) is 77.0 Å². The van der Waals surface area contributed by atoms with Gasteiger partial charge < -0.3 is 10.2 Å². The maximum Gasteiger partial charge on any atom is 0.222 e. The van der Waals surface area contributed by atoms with Crippen LogP contribution < -0.4 is 0 Å². The fraction of sp³-hybridized carbons (Fsp3) is 0.375. The first-order chi connectivity index (χ1) is 20.0. The quantitative estimate of drug-likeness (QED) is 0.253. The van der Waals surface area contributed by atoms with Gasteiger partial charge in [-0.2, -0.15) is 0 Å². The van der Waals surface area contributed by atoms with Gasteiger partial charge in [0.25, 0.3) is 0 Å². The van der Waals surface area contributed by atoms with E-state index in [0.717, 1.165) is 35.1 Å². The summed E-state index contributed by atoms with van der Waals surface area (Å²) >= 11 is 0. The molecular formula is C40H52O3. The molecule has 1 atom stereocenters. The van der Waals surface area contributed by atoms with E-state index in [1.165, 1.54) is 16.7 Å². The third-order valence-electron chi connectivity index (χ3n) is 7.94. The van der Waals surface area contributed by atoms with Crippen LogP contribution in [0.25, 0.3) is 0 Å². The van der Waals surface area contributed by atoms with Gasteiger partial charge >= 0.3 is 0 Å². The molecule has 0 unspecified atom stereocenters. The van der Waals surface area contributed by atoms with Crippen LogP contribution in [0.2, 0.25) is 0 Å². The van der Waals surface area contributed by atoms with Gasteiger partial charge in [0.15, 0.2) is 5.76 Å². The SMILES string of the molecule is CC1=C(/C=C/C(C)=C/C=C/C(C)=C/C=C/C=C(C)/C=C/C=C(C)/C=C/C2=C(C)C(=O)C(O)=CC2(C)C)C(C)(C)C[C@@H](O)C1. The van der Waals surface area contributed by atoms with Crippen LogP contribution in [0.4, 0.5) is 0 Å². The zero-order valence-electron chi connectivity index (χ0n) is 28.0. The van der Waals surface area contributed by atoms with Crippen LogP contribution in [0, 0.1) is 10.8 Å². The van der Waals surface area contributed by atoms with E-state index in [9.17, 15) is 15.0 Å². The molecule has 0 saturated heterocycles. The molecule has 0 spiro atoms. The lowest BCUT2D eigenvalue weighted by Gasteiger charge is -2.35. The normalized spacial score (nSPS) is 22.9. The molecule has 0 aromatic heterocycles. The largest absolute Gasteiger partial charge is 0.504 e. The van der Waals surface area contributed by atoms with Crippen LogP contribution in [-0.4, -0.2) is 22.1 Å². The summed E-state index contributed by atoms with van der Waals surface area (Å²) in [6.07, 6.45) is 32.0. The number of hydrogen-bond donors (Lipinski definition) is 2. The first kappa shape index (κ1) is 35.5. The number of hydrogen-bond acceptors (Lipinski definition) is 3. The number of rotatable bonds is 10. The summed E-state index contributed by atoms with van der Waals surface area (Å²) in [5.74, 6) is -0.476. The van der Waals surface area contributed by atoms with E-state index < -0.39 is 5.41 Å². The molecule has 230 valence electrons. The van der Waals surface area contributed by atoms with Crippen molar-refractivity contribution < 1.29 is 15.0 Å². The second kappa shape index (κ2) is 15.7. The smallest absolute Gasteiger partial charge is 0.222 e. The molecule has 2 rings (SSSR count). The van der Waals surface area contributed by atoms with E-state index >= 15 is 0 Å². The van der Waals surface area contributed by atoms with Crippen LogP contribution in [-0.2, 0) is 4.79 Å². The van der Waals surface area contributed by atoms with E-state index in [-0.39, 0.29) is 23.1 Å². The van der Waals surface area contributed by atoms with Crippen LogP contribution in [0.3, 0.4) is 0 Å². The van der Waals surface area contributed by atoms with Crippen LogP contribution in [0.5, 0.6) is 0 Å². The maximum atomic E-state index is 12.2. The average molecular weight is 581 g/mol. The molecule has 0 radical (unpaired) electrons. The molecule has 0 bridgehead atoms. The molecule has 0 aromatic rings. The number of aliphatic hydroxyl groups is 2. The van der Waals surface area contributed by atoms with E-state index in [4.69, 9.17) is 0 Å². The van der Waals surface area contributed by atoms with Crippen molar-refractivity contribution in [2.75, 3.05) is 0 Å². The van der Waals surface area contributed by atoms with Crippen molar-refractivity contribution in [2.45, 2.75) is 88.2 Å². The number of allylic oxidation sites excluding steroid dienone is 22. The third kappa shape index (κ3) is 11.1. The number of Topliss-reactive ketones (excluding diaryl/α,β-unsaturated/α-hetero) is 1. The summed E-state index contributed by atoms with van der Waals surface area (Å²) in [5, 5.41) is 20.0. The number of ketones is 1.